The van der Waals surface area contributed by atoms with Crippen LogP contribution in [0.5, 0.6) is 5.75 Å². The third-order valence-corrected chi connectivity index (χ3v) is 3.03. The third-order valence-electron chi connectivity index (χ3n) is 3.03. The molecular formula is C17H17NO3. The molecule has 0 aliphatic rings. The van der Waals surface area contributed by atoms with Gasteiger partial charge in [0.2, 0.25) is 0 Å². The van der Waals surface area contributed by atoms with Crippen molar-refractivity contribution in [2.75, 3.05) is 0 Å². The van der Waals surface area contributed by atoms with E-state index in [1.165, 1.54) is 6.92 Å². The molecule has 0 aromatic heterocycles. The molecule has 0 aliphatic heterocycles. The van der Waals surface area contributed by atoms with E-state index in [0.29, 0.717) is 11.3 Å². The molecule has 1 atom stereocenters. The maximum atomic E-state index is 12.1. The SMILES string of the molecule is CC(=O)Oc1ccc(C(=O)N[C@@H](C)c2ccccc2)cc1. The van der Waals surface area contributed by atoms with Crippen LogP contribution in [0.3, 0.4) is 0 Å². The van der Waals surface area contributed by atoms with Gasteiger partial charge in [-0.25, -0.2) is 0 Å². The van der Waals surface area contributed by atoms with Crippen molar-refractivity contribution in [2.45, 2.75) is 19.9 Å². The Bertz CT molecular complexity index is 620. The lowest BCUT2D eigenvalue weighted by atomic mass is 10.1. The first-order chi connectivity index (χ1) is 10.1. The molecule has 0 aliphatic carbocycles. The van der Waals surface area contributed by atoms with Crippen LogP contribution >= 0.6 is 0 Å². The molecule has 0 bridgehead atoms. The van der Waals surface area contributed by atoms with Gasteiger partial charge in [-0.3, -0.25) is 9.59 Å². The lowest BCUT2D eigenvalue weighted by molar-refractivity contribution is -0.131. The lowest BCUT2D eigenvalue weighted by Crippen LogP contribution is -2.26. The predicted octanol–water partition coefficient (Wildman–Crippen LogP) is 3.10. The Labute approximate surface area is 123 Å². The second kappa shape index (κ2) is 6.70. The van der Waals surface area contributed by atoms with Gasteiger partial charge in [-0.15, -0.1) is 0 Å². The molecule has 0 spiro atoms. The molecule has 4 nitrogen and oxygen atoms in total. The highest BCUT2D eigenvalue weighted by Crippen LogP contribution is 2.15. The number of amides is 1. The van der Waals surface area contributed by atoms with Crippen LogP contribution in [0.15, 0.2) is 54.6 Å². The van der Waals surface area contributed by atoms with E-state index in [1.807, 2.05) is 37.3 Å². The summed E-state index contributed by atoms with van der Waals surface area (Å²) in [4.78, 5) is 23.0. The van der Waals surface area contributed by atoms with Crippen molar-refractivity contribution in [3.8, 4) is 5.75 Å². The monoisotopic (exact) mass is 283 g/mol. The Morgan fingerprint density at radius 1 is 1.00 bits per heavy atom. The summed E-state index contributed by atoms with van der Waals surface area (Å²) in [5.74, 6) is -0.124. The van der Waals surface area contributed by atoms with Crippen LogP contribution in [-0.2, 0) is 4.79 Å². The molecule has 0 heterocycles. The zero-order valence-electron chi connectivity index (χ0n) is 12.0. The van der Waals surface area contributed by atoms with Gasteiger partial charge in [-0.05, 0) is 36.8 Å². The first-order valence-electron chi connectivity index (χ1n) is 6.70. The van der Waals surface area contributed by atoms with Crippen LogP contribution in [0.25, 0.3) is 0 Å². The molecule has 108 valence electrons. The molecule has 4 heteroatoms. The average Bonchev–Trinajstić information content (AvgIpc) is 2.48. The van der Waals surface area contributed by atoms with Crippen molar-refractivity contribution in [3.05, 3.63) is 65.7 Å². The summed E-state index contributed by atoms with van der Waals surface area (Å²) in [6.07, 6.45) is 0. The van der Waals surface area contributed by atoms with Gasteiger partial charge in [-0.1, -0.05) is 30.3 Å². The van der Waals surface area contributed by atoms with Crippen molar-refractivity contribution < 1.29 is 14.3 Å². The summed E-state index contributed by atoms with van der Waals surface area (Å²) >= 11 is 0. The molecule has 0 fully saturated rings. The smallest absolute Gasteiger partial charge is 0.308 e. The summed E-state index contributed by atoms with van der Waals surface area (Å²) in [7, 11) is 0. The number of nitrogens with one attached hydrogen (secondary N) is 1. The minimum atomic E-state index is -0.384. The second-order valence-corrected chi connectivity index (χ2v) is 4.72. The number of hydrogen-bond donors (Lipinski definition) is 1. The predicted molar refractivity (Wildman–Crippen MR) is 80.1 cm³/mol. The van der Waals surface area contributed by atoms with E-state index in [-0.39, 0.29) is 17.9 Å². The molecule has 21 heavy (non-hydrogen) atoms. The van der Waals surface area contributed by atoms with Gasteiger partial charge in [0, 0.05) is 12.5 Å². The summed E-state index contributed by atoms with van der Waals surface area (Å²) in [5.41, 5.74) is 1.57. The molecule has 0 saturated carbocycles. The number of esters is 1. The number of ether oxygens (including phenoxy) is 1. The van der Waals surface area contributed by atoms with Crippen LogP contribution in [0.2, 0.25) is 0 Å². The highest BCUT2D eigenvalue weighted by atomic mass is 16.5. The minimum Gasteiger partial charge on any atom is -0.427 e. The van der Waals surface area contributed by atoms with Gasteiger partial charge in [0.25, 0.3) is 5.91 Å². The summed E-state index contributed by atoms with van der Waals surface area (Å²) < 4.78 is 4.93. The van der Waals surface area contributed by atoms with Gasteiger partial charge < -0.3 is 10.1 Å². The number of hydrogen-bond acceptors (Lipinski definition) is 3. The quantitative estimate of drug-likeness (QED) is 0.693. The summed E-state index contributed by atoms with van der Waals surface area (Å²) in [5, 5.41) is 2.93. The fraction of sp³-hybridized carbons (Fsp3) is 0.176. The van der Waals surface area contributed by atoms with Crippen LogP contribution in [-0.4, -0.2) is 11.9 Å². The third kappa shape index (κ3) is 4.18. The largest absolute Gasteiger partial charge is 0.427 e. The second-order valence-electron chi connectivity index (χ2n) is 4.72. The standard InChI is InChI=1S/C17H17NO3/c1-12(14-6-4-3-5-7-14)18-17(20)15-8-10-16(11-9-15)21-13(2)19/h3-12H,1-2H3,(H,18,20)/t12-/m0/s1. The van der Waals surface area contributed by atoms with Gasteiger partial charge in [0.1, 0.15) is 5.75 Å². The first-order valence-corrected chi connectivity index (χ1v) is 6.70. The fourth-order valence-electron chi connectivity index (χ4n) is 1.95. The number of benzene rings is 2. The van der Waals surface area contributed by atoms with Crippen molar-refractivity contribution in [3.63, 3.8) is 0 Å². The Balaban J connectivity index is 2.01. The molecule has 0 saturated heterocycles. The lowest BCUT2D eigenvalue weighted by Gasteiger charge is -2.14. The van der Waals surface area contributed by atoms with E-state index in [4.69, 9.17) is 4.74 Å². The fourth-order valence-corrected chi connectivity index (χ4v) is 1.95. The van der Waals surface area contributed by atoms with E-state index in [0.717, 1.165) is 5.56 Å². The van der Waals surface area contributed by atoms with E-state index >= 15 is 0 Å². The van der Waals surface area contributed by atoms with Crippen molar-refractivity contribution in [2.24, 2.45) is 0 Å². The van der Waals surface area contributed by atoms with Gasteiger partial charge in [0.05, 0.1) is 6.04 Å². The zero-order chi connectivity index (χ0) is 15.2. The molecule has 0 radical (unpaired) electrons. The highest BCUT2D eigenvalue weighted by molar-refractivity contribution is 5.94. The van der Waals surface area contributed by atoms with Crippen molar-refractivity contribution in [1.29, 1.82) is 0 Å². The molecule has 2 aromatic rings. The van der Waals surface area contributed by atoms with Crippen LogP contribution in [0.4, 0.5) is 0 Å². The maximum absolute atomic E-state index is 12.1. The first kappa shape index (κ1) is 14.8. The van der Waals surface area contributed by atoms with E-state index < -0.39 is 0 Å². The maximum Gasteiger partial charge on any atom is 0.308 e. The average molecular weight is 283 g/mol. The van der Waals surface area contributed by atoms with E-state index in [9.17, 15) is 9.59 Å². The number of carbonyl (C=O) groups excluding carboxylic acids is 2. The van der Waals surface area contributed by atoms with Gasteiger partial charge >= 0.3 is 5.97 Å². The molecular weight excluding hydrogens is 266 g/mol. The molecule has 1 amide bonds. The zero-order valence-corrected chi connectivity index (χ0v) is 12.0. The molecule has 1 N–H and O–H groups in total. The van der Waals surface area contributed by atoms with Crippen molar-refractivity contribution >= 4 is 11.9 Å². The van der Waals surface area contributed by atoms with Crippen LogP contribution in [0, 0.1) is 0 Å². The van der Waals surface area contributed by atoms with Gasteiger partial charge in [0.15, 0.2) is 0 Å². The Morgan fingerprint density at radius 2 is 1.62 bits per heavy atom. The Morgan fingerprint density at radius 3 is 2.19 bits per heavy atom. The number of rotatable bonds is 4. The molecule has 0 unspecified atom stereocenters. The molecule has 2 rings (SSSR count). The Kier molecular flexibility index (Phi) is 4.72. The summed E-state index contributed by atoms with van der Waals surface area (Å²) in [6, 6.07) is 16.1. The van der Waals surface area contributed by atoms with Gasteiger partial charge in [-0.2, -0.15) is 0 Å². The number of carbonyl (C=O) groups is 2. The summed E-state index contributed by atoms with van der Waals surface area (Å²) in [6.45, 7) is 3.27. The van der Waals surface area contributed by atoms with Crippen molar-refractivity contribution in [1.82, 2.24) is 5.32 Å². The van der Waals surface area contributed by atoms with Crippen LogP contribution in [0.1, 0.15) is 35.8 Å². The Hall–Kier alpha value is -2.62. The van der Waals surface area contributed by atoms with Crippen LogP contribution < -0.4 is 10.1 Å². The molecule has 2 aromatic carbocycles. The minimum absolute atomic E-state index is 0.0770. The highest BCUT2D eigenvalue weighted by Gasteiger charge is 2.11. The topological polar surface area (TPSA) is 55.4 Å². The normalized spacial score (nSPS) is 11.5. The van der Waals surface area contributed by atoms with E-state index in [1.54, 1.807) is 24.3 Å². The van der Waals surface area contributed by atoms with E-state index in [2.05, 4.69) is 5.32 Å².